The van der Waals surface area contributed by atoms with Gasteiger partial charge in [0.2, 0.25) is 5.91 Å². The Kier molecular flexibility index (Phi) is 5.49. The lowest BCUT2D eigenvalue weighted by molar-refractivity contribution is -0.132. The fourth-order valence-electron chi connectivity index (χ4n) is 4.42. The Morgan fingerprint density at radius 1 is 0.938 bits per heavy atom. The maximum absolute atomic E-state index is 13.2. The highest BCUT2D eigenvalue weighted by Crippen LogP contribution is 2.20. The van der Waals surface area contributed by atoms with Gasteiger partial charge in [-0.3, -0.25) is 14.4 Å². The van der Waals surface area contributed by atoms with Crippen molar-refractivity contribution in [2.75, 3.05) is 13.1 Å². The minimum absolute atomic E-state index is 0.0120. The average molecular weight is 446 g/mol. The van der Waals surface area contributed by atoms with Gasteiger partial charge in [-0.05, 0) is 48.6 Å². The summed E-state index contributed by atoms with van der Waals surface area (Å²) in [5, 5.41) is 8.04. The number of para-hydroxylation sites is 2. The third-order valence-corrected chi connectivity index (χ3v) is 6.82. The molecule has 1 fully saturated rings. The topological polar surface area (TPSA) is 71.4 Å². The van der Waals surface area contributed by atoms with Crippen LogP contribution in [0.5, 0.6) is 0 Å². The number of carbonyl (C=O) groups is 2. The summed E-state index contributed by atoms with van der Waals surface area (Å²) in [6, 6.07) is 16.8. The van der Waals surface area contributed by atoms with Gasteiger partial charge in [-0.25, -0.2) is 0 Å². The number of fused-ring (bicyclic) bond motifs is 2. The van der Waals surface area contributed by atoms with Gasteiger partial charge in [0.25, 0.3) is 5.91 Å². The number of benzene rings is 2. The fraction of sp³-hybridized carbons (Fsp3) is 0.240. The van der Waals surface area contributed by atoms with Gasteiger partial charge in [-0.2, -0.15) is 11.3 Å². The third kappa shape index (κ3) is 3.80. The minimum Gasteiger partial charge on any atom is -0.349 e. The highest BCUT2D eigenvalue weighted by molar-refractivity contribution is 7.08. The van der Waals surface area contributed by atoms with Crippen molar-refractivity contribution in [3.05, 3.63) is 81.1 Å². The van der Waals surface area contributed by atoms with E-state index >= 15 is 0 Å². The Bertz CT molecular complexity index is 1290. The maximum atomic E-state index is 13.2. The molecule has 4 aromatic rings. The second-order valence-corrected chi connectivity index (χ2v) is 8.87. The summed E-state index contributed by atoms with van der Waals surface area (Å²) in [6.45, 7) is 1.38. The second kappa shape index (κ2) is 8.59. The molecule has 0 radical (unpaired) electrons. The lowest BCUT2D eigenvalue weighted by Gasteiger charge is -2.33. The number of hydrogen-bond acceptors (Lipinski definition) is 4. The first kappa shape index (κ1) is 20.5. The number of nitrogens with one attached hydrogen (secondary N) is 1. The molecule has 3 heterocycles. The van der Waals surface area contributed by atoms with Crippen LogP contribution < -0.4 is 10.7 Å². The number of pyridine rings is 1. The number of hydrogen-bond donors (Lipinski definition) is 1. The zero-order chi connectivity index (χ0) is 22.1. The van der Waals surface area contributed by atoms with Crippen LogP contribution in [0.3, 0.4) is 0 Å². The number of amides is 2. The first-order valence-corrected chi connectivity index (χ1v) is 11.7. The summed E-state index contributed by atoms with van der Waals surface area (Å²) in [5.74, 6) is -0.0335. The molecule has 162 valence electrons. The van der Waals surface area contributed by atoms with Gasteiger partial charge in [-0.1, -0.05) is 24.3 Å². The molecule has 0 saturated carbocycles. The number of rotatable bonds is 4. The molecule has 0 unspecified atom stereocenters. The summed E-state index contributed by atoms with van der Waals surface area (Å²) < 4.78 is 1.94. The second-order valence-electron chi connectivity index (χ2n) is 8.09. The molecule has 2 aromatic heterocycles. The molecular formula is C25H23N3O3S. The summed E-state index contributed by atoms with van der Waals surface area (Å²) in [5.41, 5.74) is 2.21. The van der Waals surface area contributed by atoms with Gasteiger partial charge < -0.3 is 14.8 Å². The van der Waals surface area contributed by atoms with E-state index in [2.05, 4.69) is 5.32 Å². The van der Waals surface area contributed by atoms with Crippen molar-refractivity contribution in [1.82, 2.24) is 14.8 Å². The first-order valence-electron chi connectivity index (χ1n) is 10.7. The van der Waals surface area contributed by atoms with Crippen LogP contribution in [0.25, 0.3) is 21.8 Å². The van der Waals surface area contributed by atoms with Gasteiger partial charge in [0.15, 0.2) is 5.43 Å². The van der Waals surface area contributed by atoms with Crippen LogP contribution in [0.2, 0.25) is 0 Å². The molecule has 0 aliphatic carbocycles. The van der Waals surface area contributed by atoms with E-state index in [-0.39, 0.29) is 29.8 Å². The molecule has 2 amide bonds. The molecule has 0 bridgehead atoms. The van der Waals surface area contributed by atoms with Gasteiger partial charge in [0, 0.05) is 40.8 Å². The predicted molar refractivity (Wildman–Crippen MR) is 127 cm³/mol. The highest BCUT2D eigenvalue weighted by Gasteiger charge is 2.25. The Hall–Kier alpha value is -3.45. The van der Waals surface area contributed by atoms with Crippen LogP contribution in [0.15, 0.2) is 70.2 Å². The molecule has 32 heavy (non-hydrogen) atoms. The zero-order valence-corrected chi connectivity index (χ0v) is 18.3. The van der Waals surface area contributed by atoms with E-state index in [4.69, 9.17) is 0 Å². The minimum atomic E-state index is -0.0535. The van der Waals surface area contributed by atoms with Crippen molar-refractivity contribution in [2.45, 2.75) is 25.4 Å². The predicted octanol–water partition coefficient (Wildman–Crippen LogP) is 3.64. The molecule has 1 saturated heterocycles. The monoisotopic (exact) mass is 445 g/mol. The summed E-state index contributed by atoms with van der Waals surface area (Å²) in [7, 11) is 0. The van der Waals surface area contributed by atoms with Crippen LogP contribution >= 0.6 is 11.3 Å². The fourth-order valence-corrected chi connectivity index (χ4v) is 5.05. The third-order valence-electron chi connectivity index (χ3n) is 6.14. The van der Waals surface area contributed by atoms with Crippen LogP contribution in [-0.4, -0.2) is 40.4 Å². The normalized spacial score (nSPS) is 14.7. The number of piperidine rings is 1. The van der Waals surface area contributed by atoms with E-state index in [0.717, 1.165) is 23.9 Å². The number of nitrogens with zero attached hydrogens (tertiary/aromatic N) is 2. The van der Waals surface area contributed by atoms with E-state index in [1.807, 2.05) is 74.8 Å². The molecule has 7 heteroatoms. The van der Waals surface area contributed by atoms with Crippen molar-refractivity contribution in [2.24, 2.45) is 0 Å². The van der Waals surface area contributed by atoms with Crippen molar-refractivity contribution < 1.29 is 9.59 Å². The number of thiophene rings is 1. The maximum Gasteiger partial charge on any atom is 0.252 e. The number of carbonyl (C=O) groups excluding carboxylic acids is 2. The number of aromatic nitrogens is 1. The van der Waals surface area contributed by atoms with Crippen molar-refractivity contribution in [3.63, 3.8) is 0 Å². The largest absolute Gasteiger partial charge is 0.349 e. The molecule has 6 nitrogen and oxygen atoms in total. The lowest BCUT2D eigenvalue weighted by atomic mass is 10.0. The Morgan fingerprint density at radius 2 is 1.56 bits per heavy atom. The van der Waals surface area contributed by atoms with Crippen LogP contribution in [0.4, 0.5) is 0 Å². The van der Waals surface area contributed by atoms with Gasteiger partial charge in [0.1, 0.15) is 6.54 Å². The smallest absolute Gasteiger partial charge is 0.252 e. The van der Waals surface area contributed by atoms with Crippen molar-refractivity contribution >= 4 is 45.0 Å². The molecule has 1 aliphatic rings. The van der Waals surface area contributed by atoms with Crippen molar-refractivity contribution in [3.8, 4) is 0 Å². The SMILES string of the molecule is O=C(NC1CCN(C(=O)Cn2c3ccccc3c(=O)c3ccccc32)CC1)c1ccsc1. The van der Waals surface area contributed by atoms with Crippen LogP contribution in [0.1, 0.15) is 23.2 Å². The Labute approximate surface area is 189 Å². The molecule has 1 N–H and O–H groups in total. The zero-order valence-electron chi connectivity index (χ0n) is 17.5. The Balaban J connectivity index is 1.33. The number of likely N-dealkylation sites (tertiary alicyclic amines) is 1. The van der Waals surface area contributed by atoms with Crippen molar-refractivity contribution in [1.29, 1.82) is 0 Å². The summed E-state index contributed by atoms with van der Waals surface area (Å²) >= 11 is 1.50. The molecule has 0 spiro atoms. The van der Waals surface area contributed by atoms with Gasteiger partial charge in [-0.15, -0.1) is 0 Å². The van der Waals surface area contributed by atoms with E-state index in [0.29, 0.717) is 29.4 Å². The van der Waals surface area contributed by atoms with E-state index in [1.165, 1.54) is 11.3 Å². The average Bonchev–Trinajstić information content (AvgIpc) is 3.37. The lowest BCUT2D eigenvalue weighted by Crippen LogP contribution is -2.47. The standard InChI is InChI=1S/C25H23N3O3S/c29-23(27-12-9-18(10-13-27)26-25(31)17-11-14-32-16-17)15-28-21-7-3-1-5-19(21)24(30)20-6-2-4-8-22(20)28/h1-8,11,14,16,18H,9-10,12-13,15H2,(H,26,31). The molecule has 0 atom stereocenters. The highest BCUT2D eigenvalue weighted by atomic mass is 32.1. The van der Waals surface area contributed by atoms with Crippen LogP contribution in [0, 0.1) is 0 Å². The van der Waals surface area contributed by atoms with Gasteiger partial charge >= 0.3 is 0 Å². The quantitative estimate of drug-likeness (QED) is 0.488. The van der Waals surface area contributed by atoms with E-state index < -0.39 is 0 Å². The van der Waals surface area contributed by atoms with E-state index in [9.17, 15) is 14.4 Å². The molecule has 1 aliphatic heterocycles. The van der Waals surface area contributed by atoms with Crippen LogP contribution in [-0.2, 0) is 11.3 Å². The van der Waals surface area contributed by atoms with Gasteiger partial charge in [0.05, 0.1) is 11.0 Å². The summed E-state index contributed by atoms with van der Waals surface area (Å²) in [4.78, 5) is 40.2. The first-order chi connectivity index (χ1) is 15.6. The van der Waals surface area contributed by atoms with E-state index in [1.54, 1.807) is 0 Å². The summed E-state index contributed by atoms with van der Waals surface area (Å²) in [6.07, 6.45) is 1.46. The molecule has 5 rings (SSSR count). The molecular weight excluding hydrogens is 422 g/mol. The Morgan fingerprint density at radius 3 is 2.16 bits per heavy atom. The molecule has 2 aromatic carbocycles.